The molecule has 2 heterocycles. The fraction of sp³-hybridized carbons (Fsp3) is 0.235. The summed E-state index contributed by atoms with van der Waals surface area (Å²) in [5.74, 6) is 0. The number of aliphatic hydroxyl groups is 1. The van der Waals surface area contributed by atoms with Crippen molar-refractivity contribution in [2.75, 3.05) is 0 Å². The zero-order valence-corrected chi connectivity index (χ0v) is 12.2. The Labute approximate surface area is 122 Å². The molecule has 2 aromatic heterocycles. The Morgan fingerprint density at radius 2 is 2.10 bits per heavy atom. The average Bonchev–Trinajstić information content (AvgIpc) is 2.97. The first-order valence-corrected chi connectivity index (χ1v) is 7.74. The van der Waals surface area contributed by atoms with E-state index in [0.717, 1.165) is 35.0 Å². The number of nitrogens with zero attached hydrogens (tertiary/aromatic N) is 1. The summed E-state index contributed by atoms with van der Waals surface area (Å²) in [5.41, 5.74) is 4.19. The van der Waals surface area contributed by atoms with Crippen LogP contribution in [0.2, 0.25) is 0 Å². The maximum atomic E-state index is 10.5. The molecule has 0 bridgehead atoms. The van der Waals surface area contributed by atoms with E-state index in [0.29, 0.717) is 0 Å². The first kappa shape index (κ1) is 13.3. The second-order valence-electron chi connectivity index (χ2n) is 5.06. The van der Waals surface area contributed by atoms with Crippen LogP contribution in [0.25, 0.3) is 10.9 Å². The van der Waals surface area contributed by atoms with Crippen LogP contribution in [0.1, 0.15) is 29.3 Å². The van der Waals surface area contributed by atoms with Gasteiger partial charge in [-0.2, -0.15) is 11.3 Å². The number of aromatic nitrogens is 1. The molecule has 0 aliphatic rings. The Bertz CT molecular complexity index is 706. The van der Waals surface area contributed by atoms with E-state index in [1.807, 2.05) is 37.3 Å². The fourth-order valence-corrected chi connectivity index (χ4v) is 3.21. The number of thiophene rings is 1. The van der Waals surface area contributed by atoms with Crippen molar-refractivity contribution in [3.63, 3.8) is 0 Å². The van der Waals surface area contributed by atoms with E-state index in [-0.39, 0.29) is 0 Å². The number of para-hydroxylation sites is 1. The van der Waals surface area contributed by atoms with Crippen molar-refractivity contribution < 1.29 is 5.11 Å². The van der Waals surface area contributed by atoms with E-state index in [4.69, 9.17) is 0 Å². The maximum Gasteiger partial charge on any atom is 0.0800 e. The first-order valence-electron chi connectivity index (χ1n) is 6.79. The summed E-state index contributed by atoms with van der Waals surface area (Å²) in [6, 6.07) is 12.1. The summed E-state index contributed by atoms with van der Waals surface area (Å²) in [6.07, 6.45) is 1.20. The molecule has 0 fully saturated rings. The minimum Gasteiger partial charge on any atom is -0.388 e. The van der Waals surface area contributed by atoms with Crippen molar-refractivity contribution >= 4 is 22.2 Å². The first-order chi connectivity index (χ1) is 9.74. The van der Waals surface area contributed by atoms with Gasteiger partial charge >= 0.3 is 0 Å². The van der Waals surface area contributed by atoms with Gasteiger partial charge in [-0.1, -0.05) is 18.2 Å². The average molecular weight is 283 g/mol. The van der Waals surface area contributed by atoms with E-state index >= 15 is 0 Å². The largest absolute Gasteiger partial charge is 0.388 e. The van der Waals surface area contributed by atoms with Gasteiger partial charge in [-0.3, -0.25) is 4.98 Å². The lowest BCUT2D eigenvalue weighted by molar-refractivity contribution is 0.169. The number of hydrogen-bond acceptors (Lipinski definition) is 3. The summed E-state index contributed by atoms with van der Waals surface area (Å²) in [7, 11) is 0. The summed E-state index contributed by atoms with van der Waals surface area (Å²) in [4.78, 5) is 4.52. The monoisotopic (exact) mass is 283 g/mol. The van der Waals surface area contributed by atoms with E-state index in [1.54, 1.807) is 11.3 Å². The second-order valence-corrected chi connectivity index (χ2v) is 5.84. The van der Waals surface area contributed by atoms with Gasteiger partial charge in [-0.25, -0.2) is 0 Å². The van der Waals surface area contributed by atoms with Crippen molar-refractivity contribution in [3.8, 4) is 0 Å². The Kier molecular flexibility index (Phi) is 3.81. The molecule has 20 heavy (non-hydrogen) atoms. The van der Waals surface area contributed by atoms with Gasteiger partial charge in [0.15, 0.2) is 0 Å². The smallest absolute Gasteiger partial charge is 0.0800 e. The van der Waals surface area contributed by atoms with Gasteiger partial charge in [0, 0.05) is 11.1 Å². The number of benzene rings is 1. The van der Waals surface area contributed by atoms with Crippen molar-refractivity contribution in [3.05, 3.63) is 64.0 Å². The molecule has 0 aliphatic heterocycles. The highest BCUT2D eigenvalue weighted by molar-refractivity contribution is 7.07. The van der Waals surface area contributed by atoms with E-state index in [1.165, 1.54) is 5.56 Å². The summed E-state index contributed by atoms with van der Waals surface area (Å²) < 4.78 is 0. The van der Waals surface area contributed by atoms with Crippen molar-refractivity contribution in [2.24, 2.45) is 0 Å². The molecular formula is C17H17NOS. The third-order valence-electron chi connectivity index (χ3n) is 3.52. The van der Waals surface area contributed by atoms with Gasteiger partial charge in [-0.05, 0) is 59.9 Å². The highest BCUT2D eigenvalue weighted by atomic mass is 32.1. The molecule has 0 aliphatic carbocycles. The van der Waals surface area contributed by atoms with E-state index in [2.05, 4.69) is 21.8 Å². The van der Waals surface area contributed by atoms with Crippen LogP contribution in [0.5, 0.6) is 0 Å². The topological polar surface area (TPSA) is 33.1 Å². The van der Waals surface area contributed by atoms with Crippen molar-refractivity contribution in [1.82, 2.24) is 4.98 Å². The fourth-order valence-electron chi connectivity index (χ4n) is 2.51. The summed E-state index contributed by atoms with van der Waals surface area (Å²) in [6.45, 7) is 1.97. The third-order valence-corrected chi connectivity index (χ3v) is 4.25. The Hall–Kier alpha value is -1.71. The Balaban J connectivity index is 1.88. The number of pyridine rings is 1. The second kappa shape index (κ2) is 5.73. The molecule has 0 radical (unpaired) electrons. The molecule has 1 N–H and O–H groups in total. The van der Waals surface area contributed by atoms with Crippen LogP contribution in [0.15, 0.2) is 47.2 Å². The lowest BCUT2D eigenvalue weighted by Gasteiger charge is -2.14. The number of fused-ring (bicyclic) bond motifs is 1. The standard InChI is InChI=1S/C17H17NOS/c1-12-10-15(14-4-2-3-5-16(14)18-12)17(19)7-6-13-8-9-20-11-13/h2-5,8-11,17,19H,6-7H2,1H3. The molecule has 1 unspecified atom stereocenters. The number of aryl methyl sites for hydroxylation is 2. The third kappa shape index (κ3) is 2.74. The van der Waals surface area contributed by atoms with Crippen LogP contribution >= 0.6 is 11.3 Å². The highest BCUT2D eigenvalue weighted by Crippen LogP contribution is 2.27. The molecule has 1 aromatic carbocycles. The highest BCUT2D eigenvalue weighted by Gasteiger charge is 2.13. The van der Waals surface area contributed by atoms with Crippen LogP contribution in [-0.2, 0) is 6.42 Å². The van der Waals surface area contributed by atoms with Crippen LogP contribution in [0, 0.1) is 6.92 Å². The maximum absolute atomic E-state index is 10.5. The summed E-state index contributed by atoms with van der Waals surface area (Å²) >= 11 is 1.70. The number of rotatable bonds is 4. The Morgan fingerprint density at radius 3 is 2.90 bits per heavy atom. The summed E-state index contributed by atoms with van der Waals surface area (Å²) in [5, 5.41) is 15.8. The molecule has 0 spiro atoms. The van der Waals surface area contributed by atoms with Crippen molar-refractivity contribution in [2.45, 2.75) is 25.9 Å². The zero-order chi connectivity index (χ0) is 13.9. The molecule has 0 saturated heterocycles. The zero-order valence-electron chi connectivity index (χ0n) is 11.4. The van der Waals surface area contributed by atoms with Crippen LogP contribution in [0.4, 0.5) is 0 Å². The number of hydrogen-bond donors (Lipinski definition) is 1. The normalized spacial score (nSPS) is 12.7. The van der Waals surface area contributed by atoms with Gasteiger partial charge in [0.05, 0.1) is 11.6 Å². The van der Waals surface area contributed by atoms with Crippen LogP contribution < -0.4 is 0 Å². The minimum atomic E-state index is -0.443. The molecule has 102 valence electrons. The quantitative estimate of drug-likeness (QED) is 0.775. The molecule has 0 amide bonds. The predicted molar refractivity (Wildman–Crippen MR) is 84.1 cm³/mol. The molecule has 0 saturated carbocycles. The molecular weight excluding hydrogens is 266 g/mol. The van der Waals surface area contributed by atoms with Crippen LogP contribution in [-0.4, -0.2) is 10.1 Å². The SMILES string of the molecule is Cc1cc(C(O)CCc2ccsc2)c2ccccc2n1. The van der Waals surface area contributed by atoms with Gasteiger partial charge in [-0.15, -0.1) is 0 Å². The molecule has 2 nitrogen and oxygen atoms in total. The van der Waals surface area contributed by atoms with Crippen molar-refractivity contribution in [1.29, 1.82) is 0 Å². The number of aliphatic hydroxyl groups excluding tert-OH is 1. The van der Waals surface area contributed by atoms with Gasteiger partial charge in [0.1, 0.15) is 0 Å². The van der Waals surface area contributed by atoms with E-state index in [9.17, 15) is 5.11 Å². The molecule has 3 rings (SSSR count). The Morgan fingerprint density at radius 1 is 1.25 bits per heavy atom. The molecule has 1 atom stereocenters. The molecule has 3 aromatic rings. The van der Waals surface area contributed by atoms with Gasteiger partial charge in [0.25, 0.3) is 0 Å². The predicted octanol–water partition coefficient (Wildman–Crippen LogP) is 4.27. The lowest BCUT2D eigenvalue weighted by Crippen LogP contribution is -2.02. The van der Waals surface area contributed by atoms with E-state index < -0.39 is 6.10 Å². The van der Waals surface area contributed by atoms with Gasteiger partial charge < -0.3 is 5.11 Å². The van der Waals surface area contributed by atoms with Crippen LogP contribution in [0.3, 0.4) is 0 Å². The lowest BCUT2D eigenvalue weighted by atomic mass is 9.98. The van der Waals surface area contributed by atoms with Gasteiger partial charge in [0.2, 0.25) is 0 Å². The minimum absolute atomic E-state index is 0.443. The molecule has 3 heteroatoms.